The second kappa shape index (κ2) is 4.63. The Morgan fingerprint density at radius 1 is 1.50 bits per heavy atom. The van der Waals surface area contributed by atoms with Gasteiger partial charge in [-0.25, -0.2) is 0 Å². The molecule has 2 aromatic heterocycles. The van der Waals surface area contributed by atoms with Crippen LogP contribution in [0.3, 0.4) is 0 Å². The quantitative estimate of drug-likeness (QED) is 0.622. The molecule has 0 N–H and O–H groups in total. The van der Waals surface area contributed by atoms with E-state index in [1.807, 2.05) is 19.3 Å². The Hall–Kier alpha value is -1.39. The maximum atomic E-state index is 11.7. The third-order valence-corrected chi connectivity index (χ3v) is 3.20. The van der Waals surface area contributed by atoms with E-state index in [9.17, 15) is 4.79 Å². The predicted molar refractivity (Wildman–Crippen MR) is 65.9 cm³/mol. The maximum absolute atomic E-state index is 11.7. The van der Waals surface area contributed by atoms with Crippen molar-refractivity contribution in [2.24, 2.45) is 7.05 Å². The number of halogens is 1. The highest BCUT2D eigenvalue weighted by Gasteiger charge is 2.04. The van der Waals surface area contributed by atoms with Gasteiger partial charge in [0.2, 0.25) is 0 Å². The van der Waals surface area contributed by atoms with Crippen LogP contribution in [0.1, 0.15) is 15.4 Å². The van der Waals surface area contributed by atoms with Crippen molar-refractivity contribution in [3.05, 3.63) is 45.4 Å². The largest absolute Gasteiger partial charge is 0.288 e. The summed E-state index contributed by atoms with van der Waals surface area (Å²) in [5.74, 6) is -0.0532. The highest BCUT2D eigenvalue weighted by atomic mass is 35.5. The lowest BCUT2D eigenvalue weighted by Gasteiger charge is -1.87. The van der Waals surface area contributed by atoms with Crippen LogP contribution < -0.4 is 0 Å². The van der Waals surface area contributed by atoms with Gasteiger partial charge >= 0.3 is 0 Å². The number of rotatable bonds is 3. The summed E-state index contributed by atoms with van der Waals surface area (Å²) in [5, 5.41) is 4.14. The molecule has 2 aromatic rings. The fraction of sp³-hybridized carbons (Fsp3) is 0.0909. The molecule has 0 fully saturated rings. The number of hydrogen-bond donors (Lipinski definition) is 0. The van der Waals surface area contributed by atoms with Crippen molar-refractivity contribution in [1.82, 2.24) is 9.78 Å². The molecule has 0 saturated carbocycles. The third kappa shape index (κ3) is 2.59. The normalized spacial score (nSPS) is 11.1. The average Bonchev–Trinajstić information content (AvgIpc) is 2.84. The molecule has 0 atom stereocenters. The number of carbonyl (C=O) groups is 1. The van der Waals surface area contributed by atoms with Crippen molar-refractivity contribution in [3.63, 3.8) is 0 Å². The predicted octanol–water partition coefficient (Wildman–Crippen LogP) is 3.03. The monoisotopic (exact) mass is 252 g/mol. The molecule has 0 spiro atoms. The van der Waals surface area contributed by atoms with E-state index >= 15 is 0 Å². The van der Waals surface area contributed by atoms with Crippen LogP contribution in [0.25, 0.3) is 6.08 Å². The smallest absolute Gasteiger partial charge is 0.195 e. The van der Waals surface area contributed by atoms with Crippen LogP contribution in [-0.4, -0.2) is 15.6 Å². The Balaban J connectivity index is 2.10. The number of allylic oxidation sites excluding steroid dienone is 1. The van der Waals surface area contributed by atoms with E-state index < -0.39 is 0 Å². The van der Waals surface area contributed by atoms with E-state index in [1.165, 1.54) is 17.4 Å². The number of aryl methyl sites for hydroxylation is 1. The molecular weight excluding hydrogens is 244 g/mol. The molecule has 0 aromatic carbocycles. The van der Waals surface area contributed by atoms with Gasteiger partial charge in [-0.15, -0.1) is 11.3 Å². The molecule has 5 heteroatoms. The lowest BCUT2D eigenvalue weighted by Crippen LogP contribution is -1.90. The first-order chi connectivity index (χ1) is 7.65. The lowest BCUT2D eigenvalue weighted by atomic mass is 10.3. The highest BCUT2D eigenvalue weighted by molar-refractivity contribution is 7.18. The fourth-order valence-corrected chi connectivity index (χ4v) is 2.18. The van der Waals surface area contributed by atoms with E-state index in [0.717, 1.165) is 5.69 Å². The summed E-state index contributed by atoms with van der Waals surface area (Å²) in [6, 6.07) is 5.28. The fourth-order valence-electron chi connectivity index (χ4n) is 1.21. The topological polar surface area (TPSA) is 34.9 Å². The number of carbonyl (C=O) groups excluding carboxylic acids is 1. The number of nitrogens with zero attached hydrogens (tertiary/aromatic N) is 2. The molecule has 2 heterocycles. The van der Waals surface area contributed by atoms with Gasteiger partial charge in [-0.1, -0.05) is 11.6 Å². The zero-order valence-corrected chi connectivity index (χ0v) is 10.1. The molecule has 0 aliphatic carbocycles. The number of ketones is 1. The van der Waals surface area contributed by atoms with E-state index in [-0.39, 0.29) is 5.78 Å². The highest BCUT2D eigenvalue weighted by Crippen LogP contribution is 2.22. The van der Waals surface area contributed by atoms with Gasteiger partial charge in [-0.05, 0) is 30.4 Å². The van der Waals surface area contributed by atoms with Gasteiger partial charge < -0.3 is 0 Å². The lowest BCUT2D eigenvalue weighted by molar-refractivity contribution is 0.105. The SMILES string of the molecule is Cn1ccc(/C=C/C(=O)c2ccc(Cl)s2)n1. The van der Waals surface area contributed by atoms with Gasteiger partial charge in [0.15, 0.2) is 5.78 Å². The zero-order valence-electron chi connectivity index (χ0n) is 8.55. The van der Waals surface area contributed by atoms with Gasteiger partial charge in [-0.3, -0.25) is 9.48 Å². The number of aromatic nitrogens is 2. The van der Waals surface area contributed by atoms with Crippen LogP contribution in [0.5, 0.6) is 0 Å². The summed E-state index contributed by atoms with van der Waals surface area (Å²) in [6.07, 6.45) is 5.02. The van der Waals surface area contributed by atoms with Crippen molar-refractivity contribution < 1.29 is 4.79 Å². The number of hydrogen-bond acceptors (Lipinski definition) is 3. The zero-order chi connectivity index (χ0) is 11.5. The van der Waals surface area contributed by atoms with Crippen LogP contribution in [0.15, 0.2) is 30.5 Å². The van der Waals surface area contributed by atoms with Gasteiger partial charge in [-0.2, -0.15) is 5.10 Å². The minimum atomic E-state index is -0.0532. The Labute approximate surface area is 102 Å². The summed E-state index contributed by atoms with van der Waals surface area (Å²) in [4.78, 5) is 12.3. The Bertz CT molecular complexity index is 542. The maximum Gasteiger partial charge on any atom is 0.195 e. The van der Waals surface area contributed by atoms with Crippen LogP contribution in [0.2, 0.25) is 4.34 Å². The molecule has 0 radical (unpaired) electrons. The standard InChI is InChI=1S/C11H9ClN2OS/c1-14-7-6-8(13-14)2-3-9(15)10-4-5-11(12)16-10/h2-7H,1H3/b3-2+. The van der Waals surface area contributed by atoms with Crippen molar-refractivity contribution >= 4 is 34.8 Å². The summed E-state index contributed by atoms with van der Waals surface area (Å²) in [7, 11) is 1.83. The van der Waals surface area contributed by atoms with Gasteiger partial charge in [0, 0.05) is 13.2 Å². The first-order valence-electron chi connectivity index (χ1n) is 4.62. The van der Waals surface area contributed by atoms with Crippen molar-refractivity contribution in [3.8, 4) is 0 Å². The van der Waals surface area contributed by atoms with E-state index in [4.69, 9.17) is 11.6 Å². The summed E-state index contributed by atoms with van der Waals surface area (Å²) >= 11 is 7.03. The molecule has 0 aliphatic rings. The van der Waals surface area contributed by atoms with Gasteiger partial charge in [0.05, 0.1) is 14.9 Å². The first-order valence-corrected chi connectivity index (χ1v) is 5.82. The second-order valence-electron chi connectivity index (χ2n) is 3.22. The average molecular weight is 253 g/mol. The van der Waals surface area contributed by atoms with Gasteiger partial charge in [0.25, 0.3) is 0 Å². The molecular formula is C11H9ClN2OS. The van der Waals surface area contributed by atoms with E-state index in [0.29, 0.717) is 9.21 Å². The molecule has 0 unspecified atom stereocenters. The minimum absolute atomic E-state index is 0.0532. The summed E-state index contributed by atoms with van der Waals surface area (Å²) < 4.78 is 2.31. The molecule has 2 rings (SSSR count). The first kappa shape index (κ1) is 11.1. The second-order valence-corrected chi connectivity index (χ2v) is 4.93. The summed E-state index contributed by atoms with van der Waals surface area (Å²) in [6.45, 7) is 0. The molecule has 0 saturated heterocycles. The Kier molecular flexibility index (Phi) is 3.22. The van der Waals surface area contributed by atoms with Crippen molar-refractivity contribution in [2.75, 3.05) is 0 Å². The van der Waals surface area contributed by atoms with Gasteiger partial charge in [0.1, 0.15) is 0 Å². The van der Waals surface area contributed by atoms with Crippen LogP contribution in [0.4, 0.5) is 0 Å². The minimum Gasteiger partial charge on any atom is -0.288 e. The van der Waals surface area contributed by atoms with Crippen LogP contribution in [-0.2, 0) is 7.05 Å². The summed E-state index contributed by atoms with van der Waals surface area (Å²) in [5.41, 5.74) is 0.763. The van der Waals surface area contributed by atoms with E-state index in [1.54, 1.807) is 22.9 Å². The van der Waals surface area contributed by atoms with Crippen LogP contribution in [0, 0.1) is 0 Å². The van der Waals surface area contributed by atoms with E-state index in [2.05, 4.69) is 5.10 Å². The van der Waals surface area contributed by atoms with Crippen molar-refractivity contribution in [1.29, 1.82) is 0 Å². The molecule has 0 bridgehead atoms. The molecule has 3 nitrogen and oxygen atoms in total. The molecule has 0 aliphatic heterocycles. The Morgan fingerprint density at radius 2 is 2.31 bits per heavy atom. The van der Waals surface area contributed by atoms with Crippen LogP contribution >= 0.6 is 22.9 Å². The Morgan fingerprint density at radius 3 is 2.88 bits per heavy atom. The third-order valence-electron chi connectivity index (χ3n) is 1.96. The molecule has 82 valence electrons. The number of thiophene rings is 1. The van der Waals surface area contributed by atoms with Crippen molar-refractivity contribution in [2.45, 2.75) is 0 Å². The molecule has 0 amide bonds. The molecule has 16 heavy (non-hydrogen) atoms.